The average molecular weight is 621 g/mol. The van der Waals surface area contributed by atoms with E-state index >= 15 is 0 Å². The Morgan fingerprint density at radius 3 is 2.21 bits per heavy atom. The summed E-state index contributed by atoms with van der Waals surface area (Å²) < 4.78 is 29.3. The van der Waals surface area contributed by atoms with Gasteiger partial charge in [0.15, 0.2) is 0 Å². The fraction of sp³-hybridized carbons (Fsp3) is 0.286. The Morgan fingerprint density at radius 1 is 0.947 bits per heavy atom. The number of sulfonamides is 1. The van der Waals surface area contributed by atoms with Crippen LogP contribution >= 0.6 is 27.5 Å². The second-order valence-corrected chi connectivity index (χ2v) is 12.5. The summed E-state index contributed by atoms with van der Waals surface area (Å²) in [5.74, 6) is -0.602. The van der Waals surface area contributed by atoms with Crippen molar-refractivity contribution in [1.82, 2.24) is 10.2 Å². The van der Waals surface area contributed by atoms with Crippen molar-refractivity contribution in [2.45, 2.75) is 38.3 Å². The second kappa shape index (κ2) is 13.3. The maximum Gasteiger partial charge on any atom is 0.264 e. The first-order valence-corrected chi connectivity index (χ1v) is 14.7. The number of hydrogen-bond donors (Lipinski definition) is 1. The minimum absolute atomic E-state index is 0.0454. The molecule has 0 saturated heterocycles. The summed E-state index contributed by atoms with van der Waals surface area (Å²) in [5.41, 5.74) is 1.08. The van der Waals surface area contributed by atoms with Crippen molar-refractivity contribution in [3.05, 3.63) is 93.9 Å². The molecular formula is C28H31BrClN3O4S. The molecule has 0 heterocycles. The van der Waals surface area contributed by atoms with Crippen LogP contribution in [0.25, 0.3) is 0 Å². The normalized spacial score (nSPS) is 12.2. The molecule has 1 N–H and O–H groups in total. The van der Waals surface area contributed by atoms with E-state index in [4.69, 9.17) is 11.6 Å². The van der Waals surface area contributed by atoms with E-state index in [9.17, 15) is 18.0 Å². The molecule has 0 spiro atoms. The molecule has 3 aromatic carbocycles. The number of rotatable bonds is 11. The predicted molar refractivity (Wildman–Crippen MR) is 154 cm³/mol. The third-order valence-electron chi connectivity index (χ3n) is 5.82. The first-order chi connectivity index (χ1) is 18.0. The van der Waals surface area contributed by atoms with Gasteiger partial charge in [-0.05, 0) is 66.9 Å². The largest absolute Gasteiger partial charge is 0.354 e. The molecule has 0 aliphatic heterocycles. The Balaban J connectivity index is 1.99. The van der Waals surface area contributed by atoms with Crippen LogP contribution < -0.4 is 9.62 Å². The maximum absolute atomic E-state index is 13.8. The van der Waals surface area contributed by atoms with Crippen LogP contribution in [0.3, 0.4) is 0 Å². The zero-order chi connectivity index (χ0) is 27.9. The number of halogens is 2. The molecule has 202 valence electrons. The van der Waals surface area contributed by atoms with Crippen LogP contribution in [0, 0.1) is 5.92 Å². The van der Waals surface area contributed by atoms with Crippen molar-refractivity contribution < 1.29 is 18.0 Å². The van der Waals surface area contributed by atoms with Crippen LogP contribution in [0.15, 0.2) is 88.2 Å². The third kappa shape index (κ3) is 7.82. The summed E-state index contributed by atoms with van der Waals surface area (Å²) in [4.78, 5) is 28.3. The number of anilines is 1. The maximum atomic E-state index is 13.8. The van der Waals surface area contributed by atoms with E-state index in [1.807, 2.05) is 38.1 Å². The van der Waals surface area contributed by atoms with Gasteiger partial charge in [0, 0.05) is 22.6 Å². The lowest BCUT2D eigenvalue weighted by molar-refractivity contribution is -0.139. The van der Waals surface area contributed by atoms with Crippen molar-refractivity contribution in [3.8, 4) is 0 Å². The first-order valence-electron chi connectivity index (χ1n) is 12.1. The van der Waals surface area contributed by atoms with Crippen molar-refractivity contribution in [2.24, 2.45) is 5.92 Å². The highest BCUT2D eigenvalue weighted by molar-refractivity contribution is 9.10. The Hall–Kier alpha value is -2.88. The summed E-state index contributed by atoms with van der Waals surface area (Å²) in [6.45, 7) is 5.68. The second-order valence-electron chi connectivity index (χ2n) is 9.27. The predicted octanol–water partition coefficient (Wildman–Crippen LogP) is 5.49. The van der Waals surface area contributed by atoms with Crippen LogP contribution in [-0.4, -0.2) is 44.3 Å². The molecule has 10 heteroatoms. The van der Waals surface area contributed by atoms with E-state index in [0.717, 1.165) is 14.3 Å². The minimum atomic E-state index is -4.11. The number of carbonyl (C=O) groups is 2. The molecule has 0 aliphatic rings. The molecule has 0 aromatic heterocycles. The minimum Gasteiger partial charge on any atom is -0.354 e. The lowest BCUT2D eigenvalue weighted by Crippen LogP contribution is -2.51. The van der Waals surface area contributed by atoms with Gasteiger partial charge in [0.05, 0.1) is 10.6 Å². The highest BCUT2D eigenvalue weighted by atomic mass is 79.9. The Labute approximate surface area is 238 Å². The van der Waals surface area contributed by atoms with E-state index in [1.54, 1.807) is 49.4 Å². The summed E-state index contributed by atoms with van der Waals surface area (Å²) in [6, 6.07) is 20.7. The van der Waals surface area contributed by atoms with Gasteiger partial charge in [-0.3, -0.25) is 13.9 Å². The summed E-state index contributed by atoms with van der Waals surface area (Å²) >= 11 is 9.49. The summed E-state index contributed by atoms with van der Waals surface area (Å²) in [7, 11) is -4.11. The van der Waals surface area contributed by atoms with E-state index in [-0.39, 0.29) is 29.0 Å². The van der Waals surface area contributed by atoms with Crippen molar-refractivity contribution in [3.63, 3.8) is 0 Å². The van der Waals surface area contributed by atoms with Gasteiger partial charge < -0.3 is 10.2 Å². The smallest absolute Gasteiger partial charge is 0.264 e. The standard InChI is InChI=1S/C28H31BrClN3O4S/c1-20(2)17-31-28(35)21(3)32(18-22-8-7-9-23(29)16-22)27(34)19-33(25-14-12-24(30)13-15-25)38(36,37)26-10-5-4-6-11-26/h4-16,20-21H,17-19H2,1-3H3,(H,31,35)/t21-/m0/s1. The van der Waals surface area contributed by atoms with Gasteiger partial charge in [-0.15, -0.1) is 0 Å². The van der Waals surface area contributed by atoms with Crippen molar-refractivity contribution >= 4 is 55.1 Å². The lowest BCUT2D eigenvalue weighted by atomic mass is 10.1. The molecule has 38 heavy (non-hydrogen) atoms. The lowest BCUT2D eigenvalue weighted by Gasteiger charge is -2.32. The van der Waals surface area contributed by atoms with Gasteiger partial charge in [-0.2, -0.15) is 0 Å². The molecule has 2 amide bonds. The number of amides is 2. The molecule has 0 radical (unpaired) electrons. The van der Waals surface area contributed by atoms with Crippen LogP contribution in [-0.2, 0) is 26.2 Å². The van der Waals surface area contributed by atoms with Gasteiger partial charge >= 0.3 is 0 Å². The van der Waals surface area contributed by atoms with E-state index < -0.39 is 28.5 Å². The highest BCUT2D eigenvalue weighted by Gasteiger charge is 2.32. The molecule has 1 atom stereocenters. The molecule has 0 saturated carbocycles. The average Bonchev–Trinajstić information content (AvgIpc) is 2.89. The zero-order valence-corrected chi connectivity index (χ0v) is 24.6. The Kier molecular flexibility index (Phi) is 10.4. The van der Waals surface area contributed by atoms with E-state index in [1.165, 1.54) is 17.0 Å². The van der Waals surface area contributed by atoms with Gasteiger partial charge in [0.2, 0.25) is 11.8 Å². The van der Waals surface area contributed by atoms with Crippen LogP contribution in [0.1, 0.15) is 26.3 Å². The summed E-state index contributed by atoms with van der Waals surface area (Å²) in [5, 5.41) is 3.31. The van der Waals surface area contributed by atoms with Gasteiger partial charge in [-0.1, -0.05) is 71.7 Å². The molecule has 0 bridgehead atoms. The van der Waals surface area contributed by atoms with Crippen molar-refractivity contribution in [2.75, 3.05) is 17.4 Å². The molecule has 0 unspecified atom stereocenters. The molecule has 3 rings (SSSR count). The summed E-state index contributed by atoms with van der Waals surface area (Å²) in [6.07, 6.45) is 0. The topological polar surface area (TPSA) is 86.8 Å². The van der Waals surface area contributed by atoms with Gasteiger partial charge in [0.25, 0.3) is 10.0 Å². The quantitative estimate of drug-likeness (QED) is 0.307. The molecular weight excluding hydrogens is 590 g/mol. The zero-order valence-electron chi connectivity index (χ0n) is 21.5. The van der Waals surface area contributed by atoms with E-state index in [2.05, 4.69) is 21.2 Å². The number of carbonyl (C=O) groups excluding carboxylic acids is 2. The number of hydrogen-bond acceptors (Lipinski definition) is 4. The Bertz CT molecular complexity index is 1350. The number of nitrogens with one attached hydrogen (secondary N) is 1. The van der Waals surface area contributed by atoms with Gasteiger partial charge in [0.1, 0.15) is 12.6 Å². The van der Waals surface area contributed by atoms with E-state index in [0.29, 0.717) is 11.6 Å². The fourth-order valence-corrected chi connectivity index (χ4v) is 5.73. The monoisotopic (exact) mass is 619 g/mol. The SMILES string of the molecule is CC(C)CNC(=O)[C@H](C)N(Cc1cccc(Br)c1)C(=O)CN(c1ccc(Cl)cc1)S(=O)(=O)c1ccccc1. The van der Waals surface area contributed by atoms with Crippen molar-refractivity contribution in [1.29, 1.82) is 0 Å². The third-order valence-corrected chi connectivity index (χ3v) is 8.35. The molecule has 0 aliphatic carbocycles. The van der Waals surface area contributed by atoms with Crippen LogP contribution in [0.2, 0.25) is 5.02 Å². The van der Waals surface area contributed by atoms with Gasteiger partial charge in [-0.25, -0.2) is 8.42 Å². The molecule has 7 nitrogen and oxygen atoms in total. The fourth-order valence-electron chi connectivity index (χ4n) is 3.72. The van der Waals surface area contributed by atoms with Crippen LogP contribution in [0.5, 0.6) is 0 Å². The number of benzene rings is 3. The molecule has 0 fully saturated rings. The first kappa shape index (κ1) is 29.7. The molecule has 3 aromatic rings. The highest BCUT2D eigenvalue weighted by Crippen LogP contribution is 2.26. The van der Waals surface area contributed by atoms with Crippen LogP contribution in [0.4, 0.5) is 5.69 Å². The number of nitrogens with zero attached hydrogens (tertiary/aromatic N) is 2. The Morgan fingerprint density at radius 2 is 1.61 bits per heavy atom.